The number of hydrogen-bond donors (Lipinski definition) is 2. The first kappa shape index (κ1) is 30.0. The zero-order chi connectivity index (χ0) is 32.3. The van der Waals surface area contributed by atoms with Crippen molar-refractivity contribution in [3.63, 3.8) is 0 Å². The zero-order valence-corrected chi connectivity index (χ0v) is 24.6. The lowest BCUT2D eigenvalue weighted by Crippen LogP contribution is -2.50. The minimum atomic E-state index is -4.89. The second-order valence-corrected chi connectivity index (χ2v) is 11.8. The van der Waals surface area contributed by atoms with Crippen LogP contribution < -0.4 is 19.5 Å². The molecule has 2 aliphatic carbocycles. The van der Waals surface area contributed by atoms with E-state index in [4.69, 9.17) is 14.2 Å². The number of hydrogen-bond acceptors (Lipinski definition) is 8. The van der Waals surface area contributed by atoms with E-state index >= 15 is 13.2 Å². The normalized spacial score (nSPS) is 20.4. The first-order valence-corrected chi connectivity index (χ1v) is 14.8. The van der Waals surface area contributed by atoms with Crippen LogP contribution in [-0.2, 0) is 11.1 Å². The van der Waals surface area contributed by atoms with Crippen LogP contribution >= 0.6 is 0 Å². The quantitative estimate of drug-likeness (QED) is 0.239. The molecule has 240 valence electrons. The first-order valence-electron chi connectivity index (χ1n) is 14.8. The van der Waals surface area contributed by atoms with Gasteiger partial charge < -0.3 is 24.6 Å². The molecule has 1 aliphatic heterocycles. The van der Waals surface area contributed by atoms with Crippen molar-refractivity contribution in [1.29, 1.82) is 0 Å². The number of fused-ring (bicyclic) bond motifs is 1. The van der Waals surface area contributed by atoms with Gasteiger partial charge in [0.05, 0.1) is 25.5 Å². The molecule has 4 aromatic rings. The summed E-state index contributed by atoms with van der Waals surface area (Å²) in [4.78, 5) is 18.0. The predicted molar refractivity (Wildman–Crippen MR) is 154 cm³/mol. The number of nitrogens with zero attached hydrogens (tertiary/aromatic N) is 4. The van der Waals surface area contributed by atoms with Crippen molar-refractivity contribution in [1.82, 2.24) is 25.1 Å². The molecule has 7 rings (SSSR count). The van der Waals surface area contributed by atoms with E-state index in [1.807, 2.05) is 0 Å². The molecule has 3 aliphatic rings. The van der Waals surface area contributed by atoms with E-state index in [1.54, 1.807) is 12.1 Å². The minimum Gasteiger partial charge on any atom is -0.493 e. The Labute approximate surface area is 260 Å². The van der Waals surface area contributed by atoms with Gasteiger partial charge >= 0.3 is 6.18 Å². The maximum atomic E-state index is 15.1. The van der Waals surface area contributed by atoms with Crippen LogP contribution in [0.1, 0.15) is 47.3 Å². The molecule has 2 aromatic heterocycles. The van der Waals surface area contributed by atoms with Crippen LogP contribution in [0.15, 0.2) is 61.2 Å². The van der Waals surface area contributed by atoms with Crippen molar-refractivity contribution in [3.8, 4) is 28.5 Å². The second kappa shape index (κ2) is 11.0. The van der Waals surface area contributed by atoms with Gasteiger partial charge in [0, 0.05) is 16.7 Å². The van der Waals surface area contributed by atoms with E-state index in [1.165, 1.54) is 31.4 Å². The molecule has 14 heteroatoms. The topological polar surface area (TPSA) is 121 Å². The van der Waals surface area contributed by atoms with Crippen molar-refractivity contribution in [3.05, 3.63) is 83.8 Å². The molecular formula is C32H29F4N5O5. The lowest BCUT2D eigenvalue weighted by Gasteiger charge is -2.33. The maximum absolute atomic E-state index is 15.1. The summed E-state index contributed by atoms with van der Waals surface area (Å²) in [6, 6.07) is 11.0. The number of amides is 1. The molecule has 10 nitrogen and oxygen atoms in total. The maximum Gasteiger partial charge on any atom is 0.419 e. The molecule has 0 bridgehead atoms. The third-order valence-electron chi connectivity index (χ3n) is 8.75. The number of pyridine rings is 1. The summed E-state index contributed by atoms with van der Waals surface area (Å²) in [5.41, 5.74) is -4.49. The average Bonchev–Trinajstić information content (AvgIpc) is 3.96. The summed E-state index contributed by atoms with van der Waals surface area (Å²) in [6.07, 6.45) is 0.140. The van der Waals surface area contributed by atoms with Gasteiger partial charge in [0.15, 0.2) is 17.2 Å². The Morgan fingerprint density at radius 2 is 1.78 bits per heavy atom. The highest BCUT2D eigenvalue weighted by molar-refractivity contribution is 5.95. The molecular weight excluding hydrogens is 610 g/mol. The number of alkyl halides is 3. The summed E-state index contributed by atoms with van der Waals surface area (Å²) in [5.74, 6) is -0.765. The van der Waals surface area contributed by atoms with Gasteiger partial charge in [-0.25, -0.2) is 9.37 Å². The van der Waals surface area contributed by atoms with E-state index in [9.17, 15) is 14.3 Å². The third kappa shape index (κ3) is 5.10. The Balaban J connectivity index is 1.29. The van der Waals surface area contributed by atoms with Gasteiger partial charge in [-0.15, -0.1) is 10.2 Å². The van der Waals surface area contributed by atoms with E-state index < -0.39 is 41.6 Å². The van der Waals surface area contributed by atoms with E-state index in [0.29, 0.717) is 24.3 Å². The molecule has 0 saturated heterocycles. The monoisotopic (exact) mass is 639 g/mol. The Kier molecular flexibility index (Phi) is 7.14. The molecule has 0 spiro atoms. The molecule has 2 atom stereocenters. The fourth-order valence-electron chi connectivity index (χ4n) is 5.85. The molecule has 2 N–H and O–H groups in total. The zero-order valence-electron chi connectivity index (χ0n) is 24.6. The van der Waals surface area contributed by atoms with Crippen LogP contribution in [0.5, 0.6) is 17.2 Å². The van der Waals surface area contributed by atoms with Gasteiger partial charge in [-0.2, -0.15) is 13.2 Å². The number of ether oxygens (including phenoxy) is 3. The summed E-state index contributed by atoms with van der Waals surface area (Å²) in [5, 5.41) is 22.1. The lowest BCUT2D eigenvalue weighted by atomic mass is 9.85. The number of carbonyl (C=O) groups is 1. The highest BCUT2D eigenvalue weighted by Gasteiger charge is 2.63. The number of nitrogens with one attached hydrogen (secondary N) is 1. The fraction of sp³-hybridized carbons (Fsp3) is 0.375. The highest BCUT2D eigenvalue weighted by Crippen LogP contribution is 2.54. The third-order valence-corrected chi connectivity index (χ3v) is 8.75. The summed E-state index contributed by atoms with van der Waals surface area (Å²) in [7, 11) is 1.46. The SMILES string of the molecule is COc1cc(C(=O)NC[C@](O)(c2cc3c(c(-c4ccc(F)cc4)n2)OC[C@@]3(n2cnnc2)C(F)(F)F)C2CC2)ccc1OC1CC1. The number of carbonyl (C=O) groups excluding carboxylic acids is 1. The standard InChI is InChI=1S/C32H29F4N5O5/c1-44-25-12-19(4-11-24(25)46-22-9-10-22)29(42)37-14-30(43,20-5-6-20)26-13-23-28(27(40-26)18-2-7-21(33)8-3-18)45-15-31(23,32(34,35)36)41-16-38-39-17-41/h2-4,7-8,11-13,16-17,20,22,43H,5-6,9-10,14-15H2,1H3,(H,37,42)/t30-,31+/m1/s1. The van der Waals surface area contributed by atoms with E-state index in [2.05, 4.69) is 20.5 Å². The highest BCUT2D eigenvalue weighted by atomic mass is 19.4. The van der Waals surface area contributed by atoms with Crippen LogP contribution in [0.2, 0.25) is 0 Å². The Bertz CT molecular complexity index is 1780. The lowest BCUT2D eigenvalue weighted by molar-refractivity contribution is -0.202. The summed E-state index contributed by atoms with van der Waals surface area (Å²) >= 11 is 0. The second-order valence-electron chi connectivity index (χ2n) is 11.8. The number of aromatic nitrogens is 4. The number of methoxy groups -OCH3 is 1. The van der Waals surface area contributed by atoms with Crippen LogP contribution in [0.3, 0.4) is 0 Å². The van der Waals surface area contributed by atoms with Crippen LogP contribution in [0.25, 0.3) is 11.3 Å². The van der Waals surface area contributed by atoms with Crippen LogP contribution in [0.4, 0.5) is 17.6 Å². The van der Waals surface area contributed by atoms with Crippen molar-refractivity contribution in [2.75, 3.05) is 20.3 Å². The minimum absolute atomic E-state index is 0.00640. The molecule has 2 aromatic carbocycles. The summed E-state index contributed by atoms with van der Waals surface area (Å²) in [6.45, 7) is -1.19. The van der Waals surface area contributed by atoms with E-state index in [0.717, 1.165) is 42.2 Å². The predicted octanol–water partition coefficient (Wildman–Crippen LogP) is 4.75. The van der Waals surface area contributed by atoms with Gasteiger partial charge in [0.1, 0.15) is 36.4 Å². The number of rotatable bonds is 10. The van der Waals surface area contributed by atoms with Gasteiger partial charge in [-0.05, 0) is 80.1 Å². The Morgan fingerprint density at radius 3 is 2.41 bits per heavy atom. The Morgan fingerprint density at radius 1 is 1.07 bits per heavy atom. The fourth-order valence-corrected chi connectivity index (χ4v) is 5.85. The van der Waals surface area contributed by atoms with Gasteiger partial charge in [-0.1, -0.05) is 0 Å². The Hall–Kier alpha value is -4.72. The summed E-state index contributed by atoms with van der Waals surface area (Å²) < 4.78 is 76.9. The molecule has 3 heterocycles. The smallest absolute Gasteiger partial charge is 0.419 e. The molecule has 1 amide bonds. The molecule has 2 fully saturated rings. The molecule has 2 saturated carbocycles. The van der Waals surface area contributed by atoms with Gasteiger partial charge in [0.25, 0.3) is 5.91 Å². The first-order chi connectivity index (χ1) is 22.0. The number of halogens is 4. The van der Waals surface area contributed by atoms with Gasteiger partial charge in [-0.3, -0.25) is 9.36 Å². The van der Waals surface area contributed by atoms with Crippen LogP contribution in [-0.4, -0.2) is 63.3 Å². The average molecular weight is 640 g/mol. The van der Waals surface area contributed by atoms with Crippen molar-refractivity contribution >= 4 is 5.91 Å². The van der Waals surface area contributed by atoms with Crippen molar-refractivity contribution in [2.45, 2.75) is 49.1 Å². The van der Waals surface area contributed by atoms with E-state index in [-0.39, 0.29) is 46.5 Å². The number of aliphatic hydroxyl groups is 1. The molecule has 46 heavy (non-hydrogen) atoms. The molecule has 0 radical (unpaired) electrons. The van der Waals surface area contributed by atoms with Crippen molar-refractivity contribution < 1.29 is 41.7 Å². The van der Waals surface area contributed by atoms with Crippen molar-refractivity contribution in [2.24, 2.45) is 5.92 Å². The van der Waals surface area contributed by atoms with Crippen LogP contribution in [0, 0.1) is 11.7 Å². The van der Waals surface area contributed by atoms with Gasteiger partial charge in [0.2, 0.25) is 5.54 Å². The largest absolute Gasteiger partial charge is 0.493 e. The number of benzene rings is 2. The molecule has 0 unspecified atom stereocenters.